The normalized spacial score (nSPS) is 14.0. The Bertz CT molecular complexity index is 289. The van der Waals surface area contributed by atoms with Crippen LogP contribution in [0, 0.1) is 5.92 Å². The van der Waals surface area contributed by atoms with Gasteiger partial charge in [0.15, 0.2) is 0 Å². The number of carboxylic acid groups (broad SMARTS) is 1. The molecule has 0 spiro atoms. The van der Waals surface area contributed by atoms with Crippen molar-refractivity contribution in [2.45, 2.75) is 45.8 Å². The number of rotatable bonds is 9. The van der Waals surface area contributed by atoms with Crippen LogP contribution in [0.15, 0.2) is 12.7 Å². The molecule has 0 aliphatic rings. The van der Waals surface area contributed by atoms with Gasteiger partial charge in [0.2, 0.25) is 5.91 Å². The predicted octanol–water partition coefficient (Wildman–Crippen LogP) is 1.58. The van der Waals surface area contributed by atoms with E-state index in [1.165, 1.54) is 0 Å². The van der Waals surface area contributed by atoms with E-state index in [4.69, 9.17) is 9.84 Å². The fraction of sp³-hybridized carbons (Fsp3) is 0.692. The first-order chi connectivity index (χ1) is 8.38. The number of amides is 1. The van der Waals surface area contributed by atoms with Gasteiger partial charge in [-0.2, -0.15) is 0 Å². The standard InChI is InChI=1S/C13H23NO4/c1-5-6-7-18-10(4)12(15)14-11(13(16)17)8-9(2)3/h5,9-11H,1,6-8H2,2-4H3,(H,14,15)(H,16,17). The third-order valence-corrected chi connectivity index (χ3v) is 2.38. The molecular formula is C13H23NO4. The molecule has 0 rings (SSSR count). The second-order valence-electron chi connectivity index (χ2n) is 4.62. The maximum atomic E-state index is 11.7. The van der Waals surface area contributed by atoms with Gasteiger partial charge in [0, 0.05) is 0 Å². The molecule has 0 heterocycles. The van der Waals surface area contributed by atoms with E-state index < -0.39 is 24.0 Å². The molecule has 5 heteroatoms. The second-order valence-corrected chi connectivity index (χ2v) is 4.62. The summed E-state index contributed by atoms with van der Waals surface area (Å²) in [5.41, 5.74) is 0. The zero-order valence-corrected chi connectivity index (χ0v) is 11.3. The fourth-order valence-corrected chi connectivity index (χ4v) is 1.39. The average molecular weight is 257 g/mol. The number of hydrogen-bond donors (Lipinski definition) is 2. The van der Waals surface area contributed by atoms with Crippen molar-refractivity contribution in [3.63, 3.8) is 0 Å². The number of carbonyl (C=O) groups excluding carboxylic acids is 1. The Morgan fingerprint density at radius 3 is 2.44 bits per heavy atom. The Morgan fingerprint density at radius 1 is 1.39 bits per heavy atom. The maximum absolute atomic E-state index is 11.7. The summed E-state index contributed by atoms with van der Waals surface area (Å²) in [6.07, 6.45) is 2.11. The summed E-state index contributed by atoms with van der Waals surface area (Å²) in [6, 6.07) is -0.858. The van der Waals surface area contributed by atoms with Crippen molar-refractivity contribution < 1.29 is 19.4 Å². The molecule has 0 aromatic rings. The van der Waals surface area contributed by atoms with Gasteiger partial charge in [-0.25, -0.2) is 4.79 Å². The van der Waals surface area contributed by atoms with E-state index in [9.17, 15) is 9.59 Å². The third kappa shape index (κ3) is 7.06. The monoisotopic (exact) mass is 257 g/mol. The molecule has 5 nitrogen and oxygen atoms in total. The third-order valence-electron chi connectivity index (χ3n) is 2.38. The summed E-state index contributed by atoms with van der Waals surface area (Å²) in [6.45, 7) is 9.37. The fourth-order valence-electron chi connectivity index (χ4n) is 1.39. The number of nitrogens with one attached hydrogen (secondary N) is 1. The van der Waals surface area contributed by atoms with E-state index in [2.05, 4.69) is 11.9 Å². The lowest BCUT2D eigenvalue weighted by Crippen LogP contribution is -2.46. The van der Waals surface area contributed by atoms with E-state index in [0.29, 0.717) is 19.4 Å². The zero-order chi connectivity index (χ0) is 14.1. The zero-order valence-electron chi connectivity index (χ0n) is 11.3. The topological polar surface area (TPSA) is 75.6 Å². The van der Waals surface area contributed by atoms with Gasteiger partial charge in [0.1, 0.15) is 12.1 Å². The van der Waals surface area contributed by atoms with Crippen LogP contribution in [0.25, 0.3) is 0 Å². The van der Waals surface area contributed by atoms with Crippen LogP contribution in [0.5, 0.6) is 0 Å². The molecule has 0 aromatic heterocycles. The van der Waals surface area contributed by atoms with Crippen molar-refractivity contribution in [2.24, 2.45) is 5.92 Å². The lowest BCUT2D eigenvalue weighted by molar-refractivity contribution is -0.144. The summed E-state index contributed by atoms with van der Waals surface area (Å²) in [4.78, 5) is 22.7. The Balaban J connectivity index is 4.23. The van der Waals surface area contributed by atoms with E-state index in [1.54, 1.807) is 13.0 Å². The molecule has 104 valence electrons. The molecule has 0 bridgehead atoms. The highest BCUT2D eigenvalue weighted by atomic mass is 16.5. The lowest BCUT2D eigenvalue weighted by atomic mass is 10.0. The predicted molar refractivity (Wildman–Crippen MR) is 69.2 cm³/mol. The lowest BCUT2D eigenvalue weighted by Gasteiger charge is -2.19. The molecule has 0 saturated carbocycles. The summed E-state index contributed by atoms with van der Waals surface area (Å²) in [7, 11) is 0. The number of carbonyl (C=O) groups is 2. The quantitative estimate of drug-likeness (QED) is 0.486. The highest BCUT2D eigenvalue weighted by Crippen LogP contribution is 2.05. The minimum Gasteiger partial charge on any atom is -0.480 e. The van der Waals surface area contributed by atoms with Crippen molar-refractivity contribution in [1.29, 1.82) is 0 Å². The van der Waals surface area contributed by atoms with Crippen LogP contribution in [0.2, 0.25) is 0 Å². The van der Waals surface area contributed by atoms with Crippen molar-refractivity contribution >= 4 is 11.9 Å². The molecular weight excluding hydrogens is 234 g/mol. The van der Waals surface area contributed by atoms with Crippen molar-refractivity contribution in [3.05, 3.63) is 12.7 Å². The van der Waals surface area contributed by atoms with E-state index in [1.807, 2.05) is 13.8 Å². The smallest absolute Gasteiger partial charge is 0.326 e. The second kappa shape index (κ2) is 8.69. The molecule has 2 unspecified atom stereocenters. The summed E-state index contributed by atoms with van der Waals surface area (Å²) in [5, 5.41) is 11.5. The molecule has 0 aliphatic carbocycles. The van der Waals surface area contributed by atoms with Gasteiger partial charge in [-0.1, -0.05) is 19.9 Å². The number of hydrogen-bond acceptors (Lipinski definition) is 3. The minimum absolute atomic E-state index is 0.198. The van der Waals surface area contributed by atoms with Gasteiger partial charge in [0.05, 0.1) is 6.61 Å². The van der Waals surface area contributed by atoms with Crippen LogP contribution in [-0.4, -0.2) is 35.7 Å². The molecule has 1 amide bonds. The van der Waals surface area contributed by atoms with Gasteiger partial charge >= 0.3 is 5.97 Å². The minimum atomic E-state index is -1.02. The molecule has 2 N–H and O–H groups in total. The van der Waals surface area contributed by atoms with Crippen LogP contribution in [-0.2, 0) is 14.3 Å². The van der Waals surface area contributed by atoms with Gasteiger partial charge in [-0.05, 0) is 25.7 Å². The average Bonchev–Trinajstić information content (AvgIpc) is 2.27. The van der Waals surface area contributed by atoms with Crippen LogP contribution < -0.4 is 5.32 Å². The van der Waals surface area contributed by atoms with Crippen molar-refractivity contribution in [3.8, 4) is 0 Å². The molecule has 0 fully saturated rings. The SMILES string of the molecule is C=CCCOC(C)C(=O)NC(CC(C)C)C(=O)O. The molecule has 0 saturated heterocycles. The van der Waals surface area contributed by atoms with E-state index in [-0.39, 0.29) is 5.92 Å². The number of ether oxygens (including phenoxy) is 1. The number of carboxylic acids is 1. The largest absolute Gasteiger partial charge is 0.480 e. The van der Waals surface area contributed by atoms with E-state index in [0.717, 1.165) is 0 Å². The Hall–Kier alpha value is -1.36. The molecule has 0 radical (unpaired) electrons. The summed E-state index contributed by atoms with van der Waals surface area (Å²) >= 11 is 0. The van der Waals surface area contributed by atoms with Crippen LogP contribution in [0.3, 0.4) is 0 Å². The summed E-state index contributed by atoms with van der Waals surface area (Å²) in [5.74, 6) is -1.22. The highest BCUT2D eigenvalue weighted by molar-refractivity contribution is 5.86. The first-order valence-electron chi connectivity index (χ1n) is 6.14. The first kappa shape index (κ1) is 16.6. The van der Waals surface area contributed by atoms with Crippen LogP contribution in [0.1, 0.15) is 33.6 Å². The van der Waals surface area contributed by atoms with Crippen LogP contribution in [0.4, 0.5) is 0 Å². The Labute approximate surface area is 108 Å². The molecule has 0 aromatic carbocycles. The van der Waals surface area contributed by atoms with Crippen molar-refractivity contribution in [1.82, 2.24) is 5.32 Å². The highest BCUT2D eigenvalue weighted by Gasteiger charge is 2.23. The first-order valence-corrected chi connectivity index (χ1v) is 6.14. The Kier molecular flexibility index (Phi) is 8.03. The Morgan fingerprint density at radius 2 is 2.00 bits per heavy atom. The van der Waals surface area contributed by atoms with Gasteiger partial charge in [-0.3, -0.25) is 4.79 Å². The van der Waals surface area contributed by atoms with Gasteiger partial charge in [-0.15, -0.1) is 6.58 Å². The van der Waals surface area contributed by atoms with Gasteiger partial charge in [0.25, 0.3) is 0 Å². The number of aliphatic carboxylic acids is 1. The van der Waals surface area contributed by atoms with E-state index >= 15 is 0 Å². The molecule has 0 aliphatic heterocycles. The molecule has 18 heavy (non-hydrogen) atoms. The van der Waals surface area contributed by atoms with Crippen LogP contribution >= 0.6 is 0 Å². The maximum Gasteiger partial charge on any atom is 0.326 e. The van der Waals surface area contributed by atoms with Gasteiger partial charge < -0.3 is 15.2 Å². The van der Waals surface area contributed by atoms with Crippen molar-refractivity contribution in [2.75, 3.05) is 6.61 Å². The molecule has 2 atom stereocenters. The summed E-state index contributed by atoms with van der Waals surface area (Å²) < 4.78 is 5.25.